The number of nitriles is 1. The molecule has 4 nitrogen and oxygen atoms in total. The van der Waals surface area contributed by atoms with Gasteiger partial charge in [-0.15, -0.1) is 0 Å². The Kier molecular flexibility index (Phi) is 8.43. The zero-order valence-electron chi connectivity index (χ0n) is 11.3. The van der Waals surface area contributed by atoms with E-state index in [0.717, 1.165) is 19.3 Å². The van der Waals surface area contributed by atoms with Gasteiger partial charge >= 0.3 is 0 Å². The molecule has 0 spiro atoms. The average molecular weight is 239 g/mol. The first-order valence-electron chi connectivity index (χ1n) is 6.38. The van der Waals surface area contributed by atoms with E-state index >= 15 is 0 Å². The number of nitrogens with zero attached hydrogens (tertiary/aromatic N) is 2. The van der Waals surface area contributed by atoms with E-state index in [0.29, 0.717) is 25.4 Å². The van der Waals surface area contributed by atoms with E-state index in [1.807, 2.05) is 6.92 Å². The SMILES string of the molecule is CCC(CCN)CCC(=O)N(C)CC(C)C#N. The van der Waals surface area contributed by atoms with Crippen molar-refractivity contribution in [3.05, 3.63) is 0 Å². The molecule has 0 aliphatic rings. The van der Waals surface area contributed by atoms with Crippen molar-refractivity contribution in [2.24, 2.45) is 17.6 Å². The minimum Gasteiger partial charge on any atom is -0.344 e. The Morgan fingerprint density at radius 3 is 2.59 bits per heavy atom. The molecule has 0 aliphatic carbocycles. The van der Waals surface area contributed by atoms with Crippen LogP contribution in [0.3, 0.4) is 0 Å². The van der Waals surface area contributed by atoms with Crippen LogP contribution < -0.4 is 5.73 Å². The van der Waals surface area contributed by atoms with Gasteiger partial charge in [-0.3, -0.25) is 4.79 Å². The summed E-state index contributed by atoms with van der Waals surface area (Å²) in [6.07, 6.45) is 3.52. The Hall–Kier alpha value is -1.08. The molecule has 0 heterocycles. The van der Waals surface area contributed by atoms with Crippen LogP contribution in [0.25, 0.3) is 0 Å². The topological polar surface area (TPSA) is 70.1 Å². The first-order chi connectivity index (χ1) is 8.04. The van der Waals surface area contributed by atoms with E-state index in [-0.39, 0.29) is 11.8 Å². The van der Waals surface area contributed by atoms with Crippen molar-refractivity contribution in [1.29, 1.82) is 5.26 Å². The highest BCUT2D eigenvalue weighted by Crippen LogP contribution is 2.15. The van der Waals surface area contributed by atoms with Gasteiger partial charge in [-0.2, -0.15) is 5.26 Å². The van der Waals surface area contributed by atoms with Gasteiger partial charge in [-0.1, -0.05) is 13.3 Å². The van der Waals surface area contributed by atoms with Gasteiger partial charge in [0, 0.05) is 20.0 Å². The van der Waals surface area contributed by atoms with Crippen molar-refractivity contribution >= 4 is 5.91 Å². The van der Waals surface area contributed by atoms with Gasteiger partial charge in [0.1, 0.15) is 0 Å². The smallest absolute Gasteiger partial charge is 0.222 e. The Balaban J connectivity index is 3.96. The monoisotopic (exact) mass is 239 g/mol. The second-order valence-electron chi connectivity index (χ2n) is 4.69. The summed E-state index contributed by atoms with van der Waals surface area (Å²) in [7, 11) is 1.76. The molecule has 0 saturated carbocycles. The third kappa shape index (κ3) is 6.96. The fourth-order valence-electron chi connectivity index (χ4n) is 1.86. The molecule has 4 heteroatoms. The van der Waals surface area contributed by atoms with E-state index in [1.54, 1.807) is 11.9 Å². The molecule has 1 amide bonds. The lowest BCUT2D eigenvalue weighted by molar-refractivity contribution is -0.130. The largest absolute Gasteiger partial charge is 0.344 e. The molecule has 0 rings (SSSR count). The zero-order chi connectivity index (χ0) is 13.3. The number of rotatable bonds is 8. The van der Waals surface area contributed by atoms with E-state index in [1.165, 1.54) is 0 Å². The molecule has 0 aromatic carbocycles. The number of nitrogens with two attached hydrogens (primary N) is 1. The minimum absolute atomic E-state index is 0.102. The van der Waals surface area contributed by atoms with Crippen LogP contribution in [0, 0.1) is 23.2 Å². The van der Waals surface area contributed by atoms with Crippen molar-refractivity contribution in [3.63, 3.8) is 0 Å². The quantitative estimate of drug-likeness (QED) is 0.701. The van der Waals surface area contributed by atoms with Crippen molar-refractivity contribution < 1.29 is 4.79 Å². The normalized spacial score (nSPS) is 13.8. The summed E-state index contributed by atoms with van der Waals surface area (Å²) in [5, 5.41) is 8.69. The molecule has 0 aliphatic heterocycles. The maximum Gasteiger partial charge on any atom is 0.222 e. The molecule has 0 radical (unpaired) electrons. The van der Waals surface area contributed by atoms with Crippen LogP contribution in [0.5, 0.6) is 0 Å². The second-order valence-corrected chi connectivity index (χ2v) is 4.69. The van der Waals surface area contributed by atoms with Crippen LogP contribution in [0.2, 0.25) is 0 Å². The minimum atomic E-state index is -0.102. The second kappa shape index (κ2) is 9.00. The molecule has 2 unspecified atom stereocenters. The van der Waals surface area contributed by atoms with Crippen LogP contribution in [0.4, 0.5) is 0 Å². The van der Waals surface area contributed by atoms with Crippen LogP contribution >= 0.6 is 0 Å². The number of hydrogen-bond acceptors (Lipinski definition) is 3. The predicted octanol–water partition coefficient (Wildman–Crippen LogP) is 1.76. The molecule has 0 aromatic rings. The zero-order valence-corrected chi connectivity index (χ0v) is 11.3. The van der Waals surface area contributed by atoms with Gasteiger partial charge in [0.2, 0.25) is 5.91 Å². The highest BCUT2D eigenvalue weighted by atomic mass is 16.2. The number of hydrogen-bond donors (Lipinski definition) is 1. The maximum absolute atomic E-state index is 11.8. The molecule has 0 bridgehead atoms. The summed E-state index contributed by atoms with van der Waals surface area (Å²) in [6, 6.07) is 2.14. The van der Waals surface area contributed by atoms with Gasteiger partial charge in [-0.25, -0.2) is 0 Å². The number of carbonyl (C=O) groups excluding carboxylic acids is 1. The summed E-state index contributed by atoms with van der Waals surface area (Å²) in [4.78, 5) is 13.5. The third-order valence-corrected chi connectivity index (χ3v) is 3.11. The van der Waals surface area contributed by atoms with Crippen molar-refractivity contribution in [2.45, 2.75) is 39.5 Å². The van der Waals surface area contributed by atoms with Crippen molar-refractivity contribution in [3.8, 4) is 6.07 Å². The Bertz CT molecular complexity index is 260. The summed E-state index contributed by atoms with van der Waals surface area (Å²) in [5.74, 6) is 0.572. The molecule has 0 aromatic heterocycles. The van der Waals surface area contributed by atoms with Crippen LogP contribution in [-0.4, -0.2) is 30.9 Å². The van der Waals surface area contributed by atoms with Gasteiger partial charge in [0.05, 0.1) is 12.0 Å². The highest BCUT2D eigenvalue weighted by molar-refractivity contribution is 5.75. The molecule has 0 fully saturated rings. The fraction of sp³-hybridized carbons (Fsp3) is 0.846. The molecule has 98 valence electrons. The van der Waals surface area contributed by atoms with E-state index in [2.05, 4.69) is 13.0 Å². The first kappa shape index (κ1) is 15.9. The fourth-order valence-corrected chi connectivity index (χ4v) is 1.86. The van der Waals surface area contributed by atoms with Crippen LogP contribution in [-0.2, 0) is 4.79 Å². The van der Waals surface area contributed by atoms with E-state index in [4.69, 9.17) is 11.0 Å². The van der Waals surface area contributed by atoms with E-state index < -0.39 is 0 Å². The van der Waals surface area contributed by atoms with Gasteiger partial charge in [0.25, 0.3) is 0 Å². The Labute approximate surface area is 105 Å². The summed E-state index contributed by atoms with van der Waals surface area (Å²) in [5.41, 5.74) is 5.52. The van der Waals surface area contributed by atoms with Gasteiger partial charge < -0.3 is 10.6 Å². The lowest BCUT2D eigenvalue weighted by Crippen LogP contribution is -2.30. The lowest BCUT2D eigenvalue weighted by Gasteiger charge is -2.20. The van der Waals surface area contributed by atoms with Crippen molar-refractivity contribution in [2.75, 3.05) is 20.1 Å². The molecule has 2 N–H and O–H groups in total. The van der Waals surface area contributed by atoms with Gasteiger partial charge in [0.15, 0.2) is 0 Å². The summed E-state index contributed by atoms with van der Waals surface area (Å²) >= 11 is 0. The Morgan fingerprint density at radius 1 is 1.47 bits per heavy atom. The average Bonchev–Trinajstić information content (AvgIpc) is 2.33. The van der Waals surface area contributed by atoms with Crippen LogP contribution in [0.1, 0.15) is 39.5 Å². The van der Waals surface area contributed by atoms with Crippen LogP contribution in [0.15, 0.2) is 0 Å². The first-order valence-corrected chi connectivity index (χ1v) is 6.38. The predicted molar refractivity (Wildman–Crippen MR) is 69.1 cm³/mol. The molecule has 2 atom stereocenters. The van der Waals surface area contributed by atoms with Crippen molar-refractivity contribution in [1.82, 2.24) is 4.90 Å². The highest BCUT2D eigenvalue weighted by Gasteiger charge is 2.14. The van der Waals surface area contributed by atoms with Gasteiger partial charge in [-0.05, 0) is 32.2 Å². The molecule has 17 heavy (non-hydrogen) atoms. The number of carbonyl (C=O) groups is 1. The Morgan fingerprint density at radius 2 is 2.12 bits per heavy atom. The standard InChI is InChI=1S/C13H25N3O/c1-4-12(7-8-14)5-6-13(17)16(3)10-11(2)9-15/h11-12H,4-8,10,14H2,1-3H3. The molecular formula is C13H25N3O. The number of amides is 1. The third-order valence-electron chi connectivity index (χ3n) is 3.11. The molecular weight excluding hydrogens is 214 g/mol. The summed E-state index contributed by atoms with van der Waals surface area (Å²) < 4.78 is 0. The maximum atomic E-state index is 11.8. The van der Waals surface area contributed by atoms with E-state index in [9.17, 15) is 4.79 Å². The lowest BCUT2D eigenvalue weighted by atomic mass is 9.96. The molecule has 0 saturated heterocycles. The summed E-state index contributed by atoms with van der Waals surface area (Å²) in [6.45, 7) is 5.16.